The molecular formula is C15H14BrF2NO2. The first-order valence-corrected chi connectivity index (χ1v) is 7.10. The van der Waals surface area contributed by atoms with Gasteiger partial charge in [0.1, 0.15) is 18.5 Å². The van der Waals surface area contributed by atoms with Gasteiger partial charge in [0.2, 0.25) is 0 Å². The summed E-state index contributed by atoms with van der Waals surface area (Å²) in [5, 5.41) is 12.7. The number of hydrogen-bond donors (Lipinski definition) is 2. The number of nitrogens with one attached hydrogen (secondary N) is 1. The molecule has 21 heavy (non-hydrogen) atoms. The molecule has 1 unspecified atom stereocenters. The number of benzene rings is 2. The molecular weight excluding hydrogens is 344 g/mol. The van der Waals surface area contributed by atoms with E-state index in [9.17, 15) is 13.9 Å². The lowest BCUT2D eigenvalue weighted by atomic mass is 10.3. The van der Waals surface area contributed by atoms with Crippen LogP contribution in [0, 0.1) is 11.6 Å². The van der Waals surface area contributed by atoms with Crippen molar-refractivity contribution in [2.75, 3.05) is 18.5 Å². The van der Waals surface area contributed by atoms with E-state index in [1.807, 2.05) is 0 Å². The molecule has 0 aromatic heterocycles. The summed E-state index contributed by atoms with van der Waals surface area (Å²) in [6.07, 6.45) is -0.851. The third-order valence-corrected chi connectivity index (χ3v) is 3.37. The van der Waals surface area contributed by atoms with Crippen LogP contribution in [0.3, 0.4) is 0 Å². The summed E-state index contributed by atoms with van der Waals surface area (Å²) in [4.78, 5) is 0. The highest BCUT2D eigenvalue weighted by molar-refractivity contribution is 9.10. The van der Waals surface area contributed by atoms with Gasteiger partial charge in [-0.15, -0.1) is 0 Å². The molecule has 2 aromatic carbocycles. The number of halogens is 3. The lowest BCUT2D eigenvalue weighted by molar-refractivity contribution is 0.115. The highest BCUT2D eigenvalue weighted by Gasteiger charge is 2.08. The molecule has 2 aromatic rings. The van der Waals surface area contributed by atoms with Gasteiger partial charge in [0.05, 0.1) is 4.47 Å². The molecule has 3 nitrogen and oxygen atoms in total. The highest BCUT2D eigenvalue weighted by Crippen LogP contribution is 2.19. The third kappa shape index (κ3) is 4.68. The Morgan fingerprint density at radius 2 is 1.90 bits per heavy atom. The second kappa shape index (κ2) is 7.38. The fourth-order valence-corrected chi connectivity index (χ4v) is 1.90. The van der Waals surface area contributed by atoms with Crippen molar-refractivity contribution in [3.63, 3.8) is 0 Å². The monoisotopic (exact) mass is 357 g/mol. The Morgan fingerprint density at radius 1 is 1.14 bits per heavy atom. The van der Waals surface area contributed by atoms with Crippen molar-refractivity contribution in [2.24, 2.45) is 0 Å². The van der Waals surface area contributed by atoms with E-state index in [-0.39, 0.29) is 18.9 Å². The van der Waals surface area contributed by atoms with Gasteiger partial charge in [0.25, 0.3) is 0 Å². The maximum atomic E-state index is 13.3. The van der Waals surface area contributed by atoms with Crippen LogP contribution in [0.15, 0.2) is 46.9 Å². The van der Waals surface area contributed by atoms with Crippen LogP contribution < -0.4 is 10.1 Å². The standard InChI is InChI=1S/C15H14BrF2NO2/c16-12-6-5-10(7-14(12)18)19-8-11(20)9-21-15-4-2-1-3-13(15)17/h1-7,11,19-20H,8-9H2. The summed E-state index contributed by atoms with van der Waals surface area (Å²) >= 11 is 3.06. The van der Waals surface area contributed by atoms with Crippen LogP contribution in [0.2, 0.25) is 0 Å². The van der Waals surface area contributed by atoms with Gasteiger partial charge in [0.15, 0.2) is 11.6 Å². The number of aliphatic hydroxyl groups excluding tert-OH is 1. The van der Waals surface area contributed by atoms with Crippen LogP contribution in [0.25, 0.3) is 0 Å². The number of rotatable bonds is 6. The van der Waals surface area contributed by atoms with Crippen molar-refractivity contribution in [2.45, 2.75) is 6.10 Å². The van der Waals surface area contributed by atoms with Crippen molar-refractivity contribution in [3.8, 4) is 5.75 Å². The summed E-state index contributed by atoms with van der Waals surface area (Å²) in [7, 11) is 0. The normalized spacial score (nSPS) is 12.0. The topological polar surface area (TPSA) is 41.5 Å². The molecule has 112 valence electrons. The molecule has 0 fully saturated rings. The zero-order chi connectivity index (χ0) is 15.2. The molecule has 6 heteroatoms. The van der Waals surface area contributed by atoms with Gasteiger partial charge in [-0.1, -0.05) is 12.1 Å². The van der Waals surface area contributed by atoms with Gasteiger partial charge >= 0.3 is 0 Å². The fourth-order valence-electron chi connectivity index (χ4n) is 1.65. The predicted molar refractivity (Wildman–Crippen MR) is 80.5 cm³/mol. The van der Waals surface area contributed by atoms with Crippen LogP contribution in [0.4, 0.5) is 14.5 Å². The quantitative estimate of drug-likeness (QED) is 0.830. The molecule has 0 bridgehead atoms. The van der Waals surface area contributed by atoms with Crippen LogP contribution in [-0.2, 0) is 0 Å². The lowest BCUT2D eigenvalue weighted by Gasteiger charge is -2.14. The van der Waals surface area contributed by atoms with Crippen molar-refractivity contribution < 1.29 is 18.6 Å². The van der Waals surface area contributed by atoms with Gasteiger partial charge < -0.3 is 15.2 Å². The molecule has 0 amide bonds. The zero-order valence-corrected chi connectivity index (χ0v) is 12.6. The average molecular weight is 358 g/mol. The zero-order valence-electron chi connectivity index (χ0n) is 11.0. The molecule has 0 spiro atoms. The number of anilines is 1. The summed E-state index contributed by atoms with van der Waals surface area (Å²) in [5.74, 6) is -0.782. The molecule has 0 heterocycles. The Balaban J connectivity index is 1.81. The Bertz CT molecular complexity index is 610. The minimum atomic E-state index is -0.851. The maximum absolute atomic E-state index is 13.3. The molecule has 2 N–H and O–H groups in total. The van der Waals surface area contributed by atoms with Crippen LogP contribution in [-0.4, -0.2) is 24.4 Å². The predicted octanol–water partition coefficient (Wildman–Crippen LogP) is 3.58. The third-order valence-electron chi connectivity index (χ3n) is 2.73. The smallest absolute Gasteiger partial charge is 0.165 e. The highest BCUT2D eigenvalue weighted by atomic mass is 79.9. The Kier molecular flexibility index (Phi) is 5.52. The van der Waals surface area contributed by atoms with Crippen molar-refractivity contribution in [1.29, 1.82) is 0 Å². The summed E-state index contributed by atoms with van der Waals surface area (Å²) in [5.41, 5.74) is 0.542. The SMILES string of the molecule is OC(CNc1ccc(Br)c(F)c1)COc1ccccc1F. The minimum Gasteiger partial charge on any atom is -0.488 e. The number of para-hydroxylation sites is 1. The van der Waals surface area contributed by atoms with E-state index in [1.165, 1.54) is 18.2 Å². The molecule has 0 saturated heterocycles. The van der Waals surface area contributed by atoms with E-state index in [2.05, 4.69) is 21.2 Å². The van der Waals surface area contributed by atoms with Gasteiger partial charge in [0, 0.05) is 12.2 Å². The molecule has 0 aliphatic carbocycles. The van der Waals surface area contributed by atoms with Crippen molar-refractivity contribution in [3.05, 3.63) is 58.6 Å². The van der Waals surface area contributed by atoms with E-state index in [0.717, 1.165) is 0 Å². The van der Waals surface area contributed by atoms with E-state index in [4.69, 9.17) is 4.74 Å². The van der Waals surface area contributed by atoms with Gasteiger partial charge in [-0.3, -0.25) is 0 Å². The second-order valence-corrected chi connectivity index (χ2v) is 5.26. The van der Waals surface area contributed by atoms with Crippen LogP contribution in [0.1, 0.15) is 0 Å². The van der Waals surface area contributed by atoms with Crippen LogP contribution >= 0.6 is 15.9 Å². The Hall–Kier alpha value is -1.66. The molecule has 1 atom stereocenters. The van der Waals surface area contributed by atoms with Gasteiger partial charge in [-0.2, -0.15) is 0 Å². The molecule has 0 aliphatic rings. The minimum absolute atomic E-state index is 0.0626. The first-order valence-electron chi connectivity index (χ1n) is 6.30. The van der Waals surface area contributed by atoms with Gasteiger partial charge in [-0.05, 0) is 46.3 Å². The Morgan fingerprint density at radius 3 is 2.62 bits per heavy atom. The molecule has 0 radical (unpaired) electrons. The number of ether oxygens (including phenoxy) is 1. The molecule has 0 saturated carbocycles. The number of aliphatic hydroxyl groups is 1. The fraction of sp³-hybridized carbons (Fsp3) is 0.200. The van der Waals surface area contributed by atoms with E-state index >= 15 is 0 Å². The maximum Gasteiger partial charge on any atom is 0.165 e. The van der Waals surface area contributed by atoms with E-state index in [0.29, 0.717) is 10.2 Å². The summed E-state index contributed by atoms with van der Waals surface area (Å²) in [6, 6.07) is 10.5. The lowest BCUT2D eigenvalue weighted by Crippen LogP contribution is -2.26. The largest absolute Gasteiger partial charge is 0.488 e. The first kappa shape index (κ1) is 15.7. The Labute approximate surface area is 129 Å². The number of hydrogen-bond acceptors (Lipinski definition) is 3. The molecule has 0 aliphatic heterocycles. The first-order chi connectivity index (χ1) is 10.1. The average Bonchev–Trinajstić information content (AvgIpc) is 2.47. The van der Waals surface area contributed by atoms with Crippen molar-refractivity contribution >= 4 is 21.6 Å². The van der Waals surface area contributed by atoms with E-state index < -0.39 is 17.7 Å². The van der Waals surface area contributed by atoms with Crippen molar-refractivity contribution in [1.82, 2.24) is 0 Å². The molecule has 2 rings (SSSR count). The van der Waals surface area contributed by atoms with Gasteiger partial charge in [-0.25, -0.2) is 8.78 Å². The summed E-state index contributed by atoms with van der Waals surface area (Å²) < 4.78 is 32.2. The second-order valence-electron chi connectivity index (χ2n) is 4.41. The summed E-state index contributed by atoms with van der Waals surface area (Å²) in [6.45, 7) is 0.0997. The van der Waals surface area contributed by atoms with Crippen LogP contribution in [0.5, 0.6) is 5.75 Å². The van der Waals surface area contributed by atoms with E-state index in [1.54, 1.807) is 24.3 Å².